The van der Waals surface area contributed by atoms with Crippen LogP contribution in [0.1, 0.15) is 42.6 Å². The Kier molecular flexibility index (Phi) is 4.10. The van der Waals surface area contributed by atoms with E-state index in [1.807, 2.05) is 6.92 Å². The zero-order valence-electron chi connectivity index (χ0n) is 11.7. The molecule has 0 saturated carbocycles. The Bertz CT molecular complexity index is 473. The Morgan fingerprint density at radius 3 is 2.74 bits per heavy atom. The first-order valence-electron chi connectivity index (χ1n) is 6.84. The Hall–Kier alpha value is -1.55. The Labute approximate surface area is 114 Å². The predicted molar refractivity (Wildman–Crippen MR) is 75.4 cm³/mol. The molecule has 1 saturated heterocycles. The summed E-state index contributed by atoms with van der Waals surface area (Å²) < 4.78 is 0. The maximum atomic E-state index is 12.2. The number of piperidine rings is 1. The number of phenols is 1. The lowest BCUT2D eigenvalue weighted by molar-refractivity contribution is 0.0914. The summed E-state index contributed by atoms with van der Waals surface area (Å²) in [6.07, 6.45) is 2.05. The molecule has 1 aliphatic heterocycles. The fourth-order valence-electron chi connectivity index (χ4n) is 2.53. The molecule has 1 aromatic carbocycles. The van der Waals surface area contributed by atoms with Crippen molar-refractivity contribution in [3.8, 4) is 5.75 Å². The van der Waals surface area contributed by atoms with Crippen LogP contribution in [-0.4, -0.2) is 29.1 Å². The van der Waals surface area contributed by atoms with E-state index in [0.29, 0.717) is 11.6 Å². The molecule has 1 aliphatic rings. The van der Waals surface area contributed by atoms with Gasteiger partial charge in [0.25, 0.3) is 5.91 Å². The Balaban J connectivity index is 2.02. The normalized spacial score (nSPS) is 27.0. The summed E-state index contributed by atoms with van der Waals surface area (Å²) >= 11 is 0. The van der Waals surface area contributed by atoms with E-state index in [2.05, 4.69) is 24.5 Å². The number of rotatable bonds is 2. The van der Waals surface area contributed by atoms with Gasteiger partial charge in [-0.25, -0.2) is 0 Å². The second-order valence-electron chi connectivity index (χ2n) is 5.51. The highest BCUT2D eigenvalue weighted by molar-refractivity contribution is 5.94. The van der Waals surface area contributed by atoms with Gasteiger partial charge in [-0.05, 0) is 51.3 Å². The lowest BCUT2D eigenvalue weighted by Crippen LogP contribution is -2.54. The van der Waals surface area contributed by atoms with E-state index in [1.54, 1.807) is 12.1 Å². The third kappa shape index (κ3) is 3.26. The highest BCUT2D eigenvalue weighted by Crippen LogP contribution is 2.18. The smallest absolute Gasteiger partial charge is 0.251 e. The third-order valence-corrected chi connectivity index (χ3v) is 3.85. The number of benzene rings is 1. The van der Waals surface area contributed by atoms with E-state index >= 15 is 0 Å². The van der Waals surface area contributed by atoms with Crippen molar-refractivity contribution in [3.05, 3.63) is 29.3 Å². The van der Waals surface area contributed by atoms with E-state index < -0.39 is 0 Å². The number of nitrogens with one attached hydrogen (secondary N) is 2. The zero-order chi connectivity index (χ0) is 14.0. The summed E-state index contributed by atoms with van der Waals surface area (Å²) in [5.74, 6) is 0.0413. The maximum Gasteiger partial charge on any atom is 0.251 e. The van der Waals surface area contributed by atoms with Gasteiger partial charge in [-0.1, -0.05) is 6.07 Å². The van der Waals surface area contributed by atoms with Crippen LogP contribution in [0.2, 0.25) is 0 Å². The van der Waals surface area contributed by atoms with Crippen molar-refractivity contribution in [2.75, 3.05) is 0 Å². The summed E-state index contributed by atoms with van der Waals surface area (Å²) in [6.45, 7) is 6.06. The van der Waals surface area contributed by atoms with Gasteiger partial charge in [0.05, 0.1) is 0 Å². The lowest BCUT2D eigenvalue weighted by Gasteiger charge is -2.34. The van der Waals surface area contributed by atoms with Crippen LogP contribution in [0.25, 0.3) is 0 Å². The van der Waals surface area contributed by atoms with Crippen molar-refractivity contribution in [2.24, 2.45) is 0 Å². The van der Waals surface area contributed by atoms with Crippen molar-refractivity contribution >= 4 is 5.91 Å². The molecule has 0 bridgehead atoms. The summed E-state index contributed by atoms with van der Waals surface area (Å²) in [4.78, 5) is 12.2. The summed E-state index contributed by atoms with van der Waals surface area (Å²) in [6, 6.07) is 5.95. The number of amides is 1. The molecule has 104 valence electrons. The minimum atomic E-state index is -0.122. The summed E-state index contributed by atoms with van der Waals surface area (Å²) in [7, 11) is 0. The van der Waals surface area contributed by atoms with Crippen molar-refractivity contribution in [2.45, 2.75) is 51.7 Å². The molecule has 0 aliphatic carbocycles. The molecule has 19 heavy (non-hydrogen) atoms. The van der Waals surface area contributed by atoms with E-state index in [0.717, 1.165) is 18.4 Å². The molecule has 0 radical (unpaired) electrons. The van der Waals surface area contributed by atoms with E-state index in [1.165, 1.54) is 6.07 Å². The molecule has 3 N–H and O–H groups in total. The van der Waals surface area contributed by atoms with Crippen molar-refractivity contribution in [1.82, 2.24) is 10.6 Å². The quantitative estimate of drug-likeness (QED) is 0.763. The molecule has 1 heterocycles. The third-order valence-electron chi connectivity index (χ3n) is 3.85. The van der Waals surface area contributed by atoms with Crippen LogP contribution < -0.4 is 10.6 Å². The summed E-state index contributed by atoms with van der Waals surface area (Å²) in [5, 5.41) is 16.1. The molecular formula is C15H22N2O2. The van der Waals surface area contributed by atoms with Gasteiger partial charge in [-0.15, -0.1) is 0 Å². The average Bonchev–Trinajstić information content (AvgIpc) is 2.36. The topological polar surface area (TPSA) is 61.4 Å². The van der Waals surface area contributed by atoms with Crippen molar-refractivity contribution in [3.63, 3.8) is 0 Å². The minimum absolute atomic E-state index is 0.122. The first kappa shape index (κ1) is 13.9. The minimum Gasteiger partial charge on any atom is -0.508 e. The molecule has 0 spiro atoms. The van der Waals surface area contributed by atoms with Crippen LogP contribution in [0.15, 0.2) is 18.2 Å². The molecule has 3 unspecified atom stereocenters. The number of phenolic OH excluding ortho intramolecular Hbond substituents is 1. The molecule has 1 fully saturated rings. The van der Waals surface area contributed by atoms with Gasteiger partial charge in [0.2, 0.25) is 0 Å². The highest BCUT2D eigenvalue weighted by atomic mass is 16.3. The van der Waals surface area contributed by atoms with Crippen LogP contribution in [0.5, 0.6) is 5.75 Å². The maximum absolute atomic E-state index is 12.2. The van der Waals surface area contributed by atoms with Crippen LogP contribution in [0.4, 0.5) is 0 Å². The number of carbonyl (C=O) groups is 1. The molecule has 1 aromatic rings. The largest absolute Gasteiger partial charge is 0.508 e. The molecule has 3 atom stereocenters. The molecule has 1 amide bonds. The molecular weight excluding hydrogens is 240 g/mol. The number of hydrogen-bond donors (Lipinski definition) is 3. The summed E-state index contributed by atoms with van der Waals surface area (Å²) in [5.41, 5.74) is 1.28. The van der Waals surface area contributed by atoms with E-state index in [4.69, 9.17) is 0 Å². The highest BCUT2D eigenvalue weighted by Gasteiger charge is 2.26. The number of carbonyl (C=O) groups excluding carboxylic acids is 1. The number of aryl methyl sites for hydroxylation is 1. The van der Waals surface area contributed by atoms with Gasteiger partial charge in [0, 0.05) is 23.7 Å². The molecule has 0 aromatic heterocycles. The van der Waals surface area contributed by atoms with Gasteiger partial charge in [0.1, 0.15) is 5.75 Å². The lowest BCUT2D eigenvalue weighted by atomic mass is 9.95. The van der Waals surface area contributed by atoms with Gasteiger partial charge in [0.15, 0.2) is 0 Å². The van der Waals surface area contributed by atoms with E-state index in [-0.39, 0.29) is 23.7 Å². The average molecular weight is 262 g/mol. The molecule has 2 rings (SSSR count). The van der Waals surface area contributed by atoms with Gasteiger partial charge in [-0.3, -0.25) is 4.79 Å². The van der Waals surface area contributed by atoms with Gasteiger partial charge in [-0.2, -0.15) is 0 Å². The standard InChI is InChI=1S/C15H22N2O2/c1-9-4-6-12(8-14(9)18)15(19)17-13-7-5-10(2)16-11(13)3/h4,6,8,10-11,13,16,18H,5,7H2,1-3H3,(H,17,19). The second kappa shape index (κ2) is 5.61. The fraction of sp³-hybridized carbons (Fsp3) is 0.533. The predicted octanol–water partition coefficient (Wildman–Crippen LogP) is 1.96. The fourth-order valence-corrected chi connectivity index (χ4v) is 2.53. The van der Waals surface area contributed by atoms with Gasteiger partial charge >= 0.3 is 0 Å². The SMILES string of the molecule is Cc1ccc(C(=O)NC2CCC(C)NC2C)cc1O. The van der Waals surface area contributed by atoms with Crippen LogP contribution in [0, 0.1) is 6.92 Å². The molecule has 4 heteroatoms. The second-order valence-corrected chi connectivity index (χ2v) is 5.51. The van der Waals surface area contributed by atoms with Crippen LogP contribution in [0.3, 0.4) is 0 Å². The monoisotopic (exact) mass is 262 g/mol. The first-order valence-corrected chi connectivity index (χ1v) is 6.84. The number of aromatic hydroxyl groups is 1. The number of hydrogen-bond acceptors (Lipinski definition) is 3. The van der Waals surface area contributed by atoms with Crippen molar-refractivity contribution < 1.29 is 9.90 Å². The first-order chi connectivity index (χ1) is 8.97. The zero-order valence-corrected chi connectivity index (χ0v) is 11.7. The Morgan fingerprint density at radius 2 is 2.11 bits per heavy atom. The Morgan fingerprint density at radius 1 is 1.37 bits per heavy atom. The van der Waals surface area contributed by atoms with Gasteiger partial charge < -0.3 is 15.7 Å². The van der Waals surface area contributed by atoms with Crippen LogP contribution >= 0.6 is 0 Å². The van der Waals surface area contributed by atoms with Crippen LogP contribution in [-0.2, 0) is 0 Å². The molecule has 4 nitrogen and oxygen atoms in total. The van der Waals surface area contributed by atoms with E-state index in [9.17, 15) is 9.90 Å². The van der Waals surface area contributed by atoms with Crippen molar-refractivity contribution in [1.29, 1.82) is 0 Å².